The van der Waals surface area contributed by atoms with Crippen molar-refractivity contribution in [2.75, 3.05) is 33.7 Å². The van der Waals surface area contributed by atoms with Gasteiger partial charge in [0, 0.05) is 44.7 Å². The predicted molar refractivity (Wildman–Crippen MR) is 111 cm³/mol. The number of rotatable bonds is 9. The first-order valence-electron chi connectivity index (χ1n) is 9.28. The van der Waals surface area contributed by atoms with E-state index in [-0.39, 0.29) is 41.6 Å². The summed E-state index contributed by atoms with van der Waals surface area (Å²) in [6.07, 6.45) is 2.84. The minimum absolute atomic E-state index is 0. The first-order valence-corrected chi connectivity index (χ1v) is 10.7. The molecule has 9 heteroatoms. The zero-order valence-electron chi connectivity index (χ0n) is 16.7. The number of benzene rings is 1. The van der Waals surface area contributed by atoms with Crippen molar-refractivity contribution in [2.24, 2.45) is 0 Å². The van der Waals surface area contributed by atoms with Gasteiger partial charge in [0.1, 0.15) is 0 Å². The number of sulfonamides is 1. The molecule has 1 fully saturated rings. The number of likely N-dealkylation sites (tertiary alicyclic amines) is 1. The Bertz CT molecular complexity index is 768. The molecule has 1 aliphatic rings. The molecule has 1 aromatic rings. The SMILES string of the molecule is CNCC1CCCN1C(=O)CCCN(C)S(=O)(=O)c1ccc(C(C)=O)cc1.Cl. The largest absolute Gasteiger partial charge is 0.338 e. The van der Waals surface area contributed by atoms with Gasteiger partial charge in [-0.15, -0.1) is 12.4 Å². The zero-order valence-corrected chi connectivity index (χ0v) is 18.3. The highest BCUT2D eigenvalue weighted by molar-refractivity contribution is 7.89. The molecule has 0 radical (unpaired) electrons. The number of carbonyl (C=O) groups excluding carboxylic acids is 2. The van der Waals surface area contributed by atoms with Gasteiger partial charge in [-0.25, -0.2) is 12.7 Å². The Balaban J connectivity index is 0.00000392. The maximum Gasteiger partial charge on any atom is 0.242 e. The topological polar surface area (TPSA) is 86.8 Å². The third-order valence-corrected chi connectivity index (χ3v) is 6.84. The molecule has 158 valence electrons. The summed E-state index contributed by atoms with van der Waals surface area (Å²) >= 11 is 0. The van der Waals surface area contributed by atoms with Crippen molar-refractivity contribution in [3.05, 3.63) is 29.8 Å². The van der Waals surface area contributed by atoms with E-state index in [4.69, 9.17) is 0 Å². The third kappa shape index (κ3) is 6.01. The van der Waals surface area contributed by atoms with Gasteiger partial charge in [0.05, 0.1) is 4.90 Å². The van der Waals surface area contributed by atoms with E-state index in [9.17, 15) is 18.0 Å². The van der Waals surface area contributed by atoms with Gasteiger partial charge >= 0.3 is 0 Å². The maximum atomic E-state index is 12.6. The molecule has 0 spiro atoms. The van der Waals surface area contributed by atoms with Crippen LogP contribution in [0.15, 0.2) is 29.2 Å². The molecule has 1 amide bonds. The number of nitrogens with zero attached hydrogens (tertiary/aromatic N) is 2. The standard InChI is InChI=1S/C19H29N3O4S.ClH/c1-15(23)16-8-10-18(11-9-16)27(25,26)21(3)12-5-7-19(24)22-13-4-6-17(22)14-20-2;/h8-11,17,20H,4-7,12-14H2,1-3H3;1H. The van der Waals surface area contributed by atoms with Crippen LogP contribution in [0.4, 0.5) is 0 Å². The van der Waals surface area contributed by atoms with E-state index in [1.165, 1.54) is 42.5 Å². The van der Waals surface area contributed by atoms with Gasteiger partial charge in [0.2, 0.25) is 15.9 Å². The molecule has 0 aromatic heterocycles. The summed E-state index contributed by atoms with van der Waals surface area (Å²) in [5.41, 5.74) is 0.476. The maximum absolute atomic E-state index is 12.6. The van der Waals surface area contributed by atoms with Crippen LogP contribution in [-0.2, 0) is 14.8 Å². The second-order valence-electron chi connectivity index (χ2n) is 6.95. The highest BCUT2D eigenvalue weighted by Crippen LogP contribution is 2.19. The Morgan fingerprint density at radius 1 is 1.25 bits per heavy atom. The smallest absolute Gasteiger partial charge is 0.242 e. The van der Waals surface area contributed by atoms with Crippen molar-refractivity contribution in [1.82, 2.24) is 14.5 Å². The Hall–Kier alpha value is -1.48. The van der Waals surface area contributed by atoms with Crippen molar-refractivity contribution >= 4 is 34.1 Å². The van der Waals surface area contributed by atoms with E-state index in [0.717, 1.165) is 25.9 Å². The van der Waals surface area contributed by atoms with Crippen LogP contribution in [0.5, 0.6) is 0 Å². The van der Waals surface area contributed by atoms with Gasteiger partial charge in [-0.1, -0.05) is 12.1 Å². The van der Waals surface area contributed by atoms with Crippen molar-refractivity contribution in [3.63, 3.8) is 0 Å². The first kappa shape index (κ1) is 24.6. The van der Waals surface area contributed by atoms with Gasteiger partial charge in [-0.2, -0.15) is 0 Å². The summed E-state index contributed by atoms with van der Waals surface area (Å²) in [5, 5.41) is 3.12. The second kappa shape index (κ2) is 10.9. The number of nitrogens with one attached hydrogen (secondary N) is 1. The van der Waals surface area contributed by atoms with Gasteiger partial charge in [0.25, 0.3) is 0 Å². The van der Waals surface area contributed by atoms with E-state index in [2.05, 4.69) is 5.32 Å². The molecule has 1 saturated heterocycles. The normalized spacial score (nSPS) is 16.9. The molecule has 1 aromatic carbocycles. The Labute approximate surface area is 173 Å². The molecular formula is C19H30ClN3O4S. The van der Waals surface area contributed by atoms with Gasteiger partial charge < -0.3 is 10.2 Å². The van der Waals surface area contributed by atoms with Gasteiger partial charge in [0.15, 0.2) is 5.78 Å². The number of hydrogen-bond donors (Lipinski definition) is 1. The van der Waals surface area contributed by atoms with Crippen LogP contribution in [0.2, 0.25) is 0 Å². The number of ketones is 1. The van der Waals surface area contributed by atoms with Gasteiger partial charge in [-0.3, -0.25) is 9.59 Å². The van der Waals surface area contributed by atoms with Crippen LogP contribution in [0.3, 0.4) is 0 Å². The summed E-state index contributed by atoms with van der Waals surface area (Å²) in [6, 6.07) is 6.16. The van der Waals surface area contributed by atoms with Crippen LogP contribution >= 0.6 is 12.4 Å². The molecule has 0 bridgehead atoms. The minimum Gasteiger partial charge on any atom is -0.338 e. The Kier molecular flexibility index (Phi) is 9.56. The monoisotopic (exact) mass is 431 g/mol. The summed E-state index contributed by atoms with van der Waals surface area (Å²) in [6.45, 7) is 3.28. The molecule has 0 aliphatic carbocycles. The average Bonchev–Trinajstić information content (AvgIpc) is 3.10. The molecule has 1 atom stereocenters. The number of halogens is 1. The van der Waals surface area contributed by atoms with E-state index < -0.39 is 10.0 Å². The molecule has 7 nitrogen and oxygen atoms in total. The first-order chi connectivity index (χ1) is 12.8. The van der Waals surface area contributed by atoms with Crippen molar-refractivity contribution in [3.8, 4) is 0 Å². The van der Waals surface area contributed by atoms with Gasteiger partial charge in [-0.05, 0) is 45.4 Å². The number of hydrogen-bond acceptors (Lipinski definition) is 5. The summed E-state index contributed by atoms with van der Waals surface area (Å²) in [5.74, 6) is -0.0198. The lowest BCUT2D eigenvalue weighted by Gasteiger charge is -2.25. The fraction of sp³-hybridized carbons (Fsp3) is 0.579. The fourth-order valence-corrected chi connectivity index (χ4v) is 4.58. The number of amides is 1. The molecule has 1 heterocycles. The zero-order chi connectivity index (χ0) is 20.0. The van der Waals surface area contributed by atoms with E-state index in [1.807, 2.05) is 11.9 Å². The van der Waals surface area contributed by atoms with Crippen LogP contribution < -0.4 is 5.32 Å². The molecule has 1 unspecified atom stereocenters. The highest BCUT2D eigenvalue weighted by atomic mass is 35.5. The summed E-state index contributed by atoms with van der Waals surface area (Å²) < 4.78 is 26.5. The molecule has 28 heavy (non-hydrogen) atoms. The second-order valence-corrected chi connectivity index (χ2v) is 9.00. The fourth-order valence-electron chi connectivity index (χ4n) is 3.37. The van der Waals surface area contributed by atoms with Crippen LogP contribution in [-0.4, -0.2) is 69.1 Å². The number of carbonyl (C=O) groups is 2. The summed E-state index contributed by atoms with van der Waals surface area (Å²) in [7, 11) is -0.240. The van der Waals surface area contributed by atoms with Crippen LogP contribution in [0.1, 0.15) is 43.0 Å². The number of Topliss-reactive ketones (excluding diaryl/α,β-unsaturated/α-hetero) is 1. The predicted octanol–water partition coefficient (Wildman–Crippen LogP) is 1.92. The average molecular weight is 432 g/mol. The van der Waals surface area contributed by atoms with Crippen molar-refractivity contribution in [2.45, 2.75) is 43.5 Å². The Morgan fingerprint density at radius 2 is 1.89 bits per heavy atom. The summed E-state index contributed by atoms with van der Waals surface area (Å²) in [4.78, 5) is 25.8. The lowest BCUT2D eigenvalue weighted by molar-refractivity contribution is -0.132. The van der Waals surface area contributed by atoms with Crippen LogP contribution in [0.25, 0.3) is 0 Å². The molecule has 0 saturated carbocycles. The quantitative estimate of drug-likeness (QED) is 0.603. The van der Waals surface area contributed by atoms with Crippen molar-refractivity contribution < 1.29 is 18.0 Å². The molecule has 1 aliphatic heterocycles. The third-order valence-electron chi connectivity index (χ3n) is 4.97. The van der Waals surface area contributed by atoms with E-state index >= 15 is 0 Å². The lowest BCUT2D eigenvalue weighted by atomic mass is 10.2. The Morgan fingerprint density at radius 3 is 2.46 bits per heavy atom. The molecule has 2 rings (SSSR count). The van der Waals surface area contributed by atoms with Crippen LogP contribution in [0, 0.1) is 0 Å². The lowest BCUT2D eigenvalue weighted by Crippen LogP contribution is -2.41. The highest BCUT2D eigenvalue weighted by Gasteiger charge is 2.28. The van der Waals surface area contributed by atoms with E-state index in [0.29, 0.717) is 18.4 Å². The van der Waals surface area contributed by atoms with Crippen molar-refractivity contribution in [1.29, 1.82) is 0 Å². The molecule has 1 N–H and O–H groups in total. The molecular weight excluding hydrogens is 402 g/mol. The minimum atomic E-state index is -3.63. The number of likely N-dealkylation sites (N-methyl/N-ethyl adjacent to an activating group) is 1. The van der Waals surface area contributed by atoms with E-state index in [1.54, 1.807) is 0 Å².